The summed E-state index contributed by atoms with van der Waals surface area (Å²) in [5.41, 5.74) is 5.19. The second-order valence-corrected chi connectivity index (χ2v) is 6.50. The Hall–Kier alpha value is -3.81. The van der Waals surface area contributed by atoms with Gasteiger partial charge in [0.1, 0.15) is 0 Å². The topological polar surface area (TPSA) is 98.7 Å². The molecule has 0 unspecified atom stereocenters. The zero-order chi connectivity index (χ0) is 19.7. The molecule has 2 aromatic carbocycles. The van der Waals surface area contributed by atoms with Crippen molar-refractivity contribution in [2.24, 2.45) is 0 Å². The van der Waals surface area contributed by atoms with Gasteiger partial charge >= 0.3 is 0 Å². The van der Waals surface area contributed by atoms with Crippen molar-refractivity contribution in [1.29, 1.82) is 0 Å². The van der Waals surface area contributed by atoms with Crippen molar-refractivity contribution in [2.45, 2.75) is 20.8 Å². The molecule has 0 radical (unpaired) electrons. The average molecular weight is 374 g/mol. The number of carbonyl (C=O) groups excluding carboxylic acids is 1. The Bertz CT molecular complexity index is 1130. The van der Waals surface area contributed by atoms with E-state index >= 15 is 0 Å². The van der Waals surface area contributed by atoms with Gasteiger partial charge in [0, 0.05) is 11.3 Å². The first-order chi connectivity index (χ1) is 13.5. The molecule has 8 heteroatoms. The number of benzene rings is 2. The molecular weight excluding hydrogens is 356 g/mol. The van der Waals surface area contributed by atoms with E-state index in [1.54, 1.807) is 10.7 Å². The number of rotatable bonds is 4. The number of hydrogen-bond acceptors (Lipinski definition) is 6. The number of aryl methyl sites for hydroxylation is 2. The molecule has 28 heavy (non-hydrogen) atoms. The molecule has 0 bridgehead atoms. The largest absolute Gasteiger partial charge is 0.423 e. The van der Waals surface area contributed by atoms with Gasteiger partial charge in [-0.05, 0) is 50.6 Å². The lowest BCUT2D eigenvalue weighted by Crippen LogP contribution is -2.15. The van der Waals surface area contributed by atoms with Gasteiger partial charge in [0.05, 0.1) is 11.4 Å². The van der Waals surface area contributed by atoms with Crippen LogP contribution in [0, 0.1) is 20.8 Å². The maximum atomic E-state index is 12.8. The van der Waals surface area contributed by atoms with Crippen molar-refractivity contribution in [3.63, 3.8) is 0 Å². The lowest BCUT2D eigenvalue weighted by atomic mass is 10.1. The molecule has 140 valence electrons. The van der Waals surface area contributed by atoms with Crippen molar-refractivity contribution in [3.8, 4) is 17.1 Å². The van der Waals surface area contributed by atoms with Crippen molar-refractivity contribution in [2.75, 3.05) is 5.32 Å². The Kier molecular flexibility index (Phi) is 4.44. The summed E-state index contributed by atoms with van der Waals surface area (Å²) < 4.78 is 6.87. The summed E-state index contributed by atoms with van der Waals surface area (Å²) in [5, 5.41) is 18.7. The van der Waals surface area contributed by atoms with Gasteiger partial charge in [-0.2, -0.15) is 0 Å². The van der Waals surface area contributed by atoms with E-state index in [9.17, 15) is 4.79 Å². The van der Waals surface area contributed by atoms with E-state index in [0.29, 0.717) is 17.3 Å². The zero-order valence-electron chi connectivity index (χ0n) is 15.7. The fourth-order valence-electron chi connectivity index (χ4n) is 2.84. The van der Waals surface area contributed by atoms with Gasteiger partial charge in [-0.15, -0.1) is 15.3 Å². The number of nitrogens with one attached hydrogen (secondary N) is 1. The van der Waals surface area contributed by atoms with Crippen LogP contribution in [0.2, 0.25) is 0 Å². The summed E-state index contributed by atoms with van der Waals surface area (Å²) in [6.07, 6.45) is 1.26. The fourth-order valence-corrected chi connectivity index (χ4v) is 2.84. The number of aromatic nitrogens is 5. The minimum Gasteiger partial charge on any atom is -0.423 e. The van der Waals surface area contributed by atoms with E-state index in [-0.39, 0.29) is 11.6 Å². The Morgan fingerprint density at radius 1 is 1.04 bits per heavy atom. The summed E-state index contributed by atoms with van der Waals surface area (Å²) in [5.74, 6) is 0.0543. The first kappa shape index (κ1) is 17.6. The summed E-state index contributed by atoms with van der Waals surface area (Å²) in [4.78, 5) is 12.8. The van der Waals surface area contributed by atoms with Gasteiger partial charge in [0.15, 0.2) is 5.69 Å². The highest BCUT2D eigenvalue weighted by atomic mass is 16.4. The van der Waals surface area contributed by atoms with E-state index in [2.05, 4.69) is 25.8 Å². The zero-order valence-corrected chi connectivity index (χ0v) is 15.7. The fraction of sp³-hybridized carbons (Fsp3) is 0.150. The molecular formula is C20H18N6O2. The highest BCUT2D eigenvalue weighted by molar-refractivity contribution is 6.04. The molecule has 0 saturated heterocycles. The Balaban J connectivity index is 1.61. The summed E-state index contributed by atoms with van der Waals surface area (Å²) in [6.45, 7) is 5.74. The molecule has 0 fully saturated rings. The molecule has 8 nitrogen and oxygen atoms in total. The van der Waals surface area contributed by atoms with E-state index in [4.69, 9.17) is 4.42 Å². The third kappa shape index (κ3) is 3.27. The first-order valence-electron chi connectivity index (χ1n) is 8.71. The van der Waals surface area contributed by atoms with E-state index in [1.807, 2.05) is 57.2 Å². The summed E-state index contributed by atoms with van der Waals surface area (Å²) in [6, 6.07) is 13.4. The van der Waals surface area contributed by atoms with E-state index in [0.717, 1.165) is 22.4 Å². The molecule has 1 amide bonds. The smallest absolute Gasteiger partial charge is 0.278 e. The van der Waals surface area contributed by atoms with Crippen LogP contribution in [0.15, 0.2) is 53.3 Å². The molecule has 0 saturated carbocycles. The monoisotopic (exact) mass is 374 g/mol. The Labute approximate surface area is 161 Å². The van der Waals surface area contributed by atoms with Crippen molar-refractivity contribution in [3.05, 3.63) is 71.4 Å². The summed E-state index contributed by atoms with van der Waals surface area (Å²) in [7, 11) is 0. The van der Waals surface area contributed by atoms with Crippen LogP contribution in [0.4, 0.5) is 5.69 Å². The van der Waals surface area contributed by atoms with E-state index < -0.39 is 0 Å². The van der Waals surface area contributed by atoms with Gasteiger partial charge in [-0.1, -0.05) is 29.0 Å². The minimum atomic E-state index is -0.332. The molecule has 4 aromatic rings. The molecule has 0 aliphatic rings. The Morgan fingerprint density at radius 2 is 1.82 bits per heavy atom. The second kappa shape index (κ2) is 7.07. The van der Waals surface area contributed by atoms with Crippen LogP contribution in [0.3, 0.4) is 0 Å². The number of amides is 1. The summed E-state index contributed by atoms with van der Waals surface area (Å²) >= 11 is 0. The molecule has 1 N–H and O–H groups in total. The molecule has 0 atom stereocenters. The standard InChI is InChI=1S/C20H18N6O2/c1-12-4-8-16(9-5-12)26-14(3)18(23-25-26)19(27)22-17-10-15(7-6-13(17)2)20-24-21-11-28-20/h4-11H,1-3H3,(H,22,27). The lowest BCUT2D eigenvalue weighted by molar-refractivity contribution is 0.102. The Morgan fingerprint density at radius 3 is 2.54 bits per heavy atom. The maximum Gasteiger partial charge on any atom is 0.278 e. The number of carbonyl (C=O) groups is 1. The van der Waals surface area contributed by atoms with Crippen LogP contribution in [-0.4, -0.2) is 31.1 Å². The van der Waals surface area contributed by atoms with Crippen molar-refractivity contribution < 1.29 is 9.21 Å². The van der Waals surface area contributed by atoms with Crippen molar-refractivity contribution in [1.82, 2.24) is 25.2 Å². The number of anilines is 1. The third-order valence-electron chi connectivity index (χ3n) is 4.48. The molecule has 2 aromatic heterocycles. The van der Waals surface area contributed by atoms with Crippen LogP contribution in [0.5, 0.6) is 0 Å². The van der Waals surface area contributed by atoms with Gasteiger partial charge in [0.2, 0.25) is 12.3 Å². The van der Waals surface area contributed by atoms with E-state index in [1.165, 1.54) is 6.39 Å². The lowest BCUT2D eigenvalue weighted by Gasteiger charge is -2.09. The van der Waals surface area contributed by atoms with Crippen LogP contribution in [0.1, 0.15) is 27.3 Å². The second-order valence-electron chi connectivity index (χ2n) is 6.50. The highest BCUT2D eigenvalue weighted by Gasteiger charge is 2.18. The number of hydrogen-bond donors (Lipinski definition) is 1. The van der Waals surface area contributed by atoms with Crippen molar-refractivity contribution >= 4 is 11.6 Å². The van der Waals surface area contributed by atoms with Crippen LogP contribution >= 0.6 is 0 Å². The minimum absolute atomic E-state index is 0.267. The van der Waals surface area contributed by atoms with Crippen LogP contribution in [0.25, 0.3) is 17.1 Å². The van der Waals surface area contributed by atoms with Crippen LogP contribution < -0.4 is 5.32 Å². The average Bonchev–Trinajstić information content (AvgIpc) is 3.34. The third-order valence-corrected chi connectivity index (χ3v) is 4.48. The van der Waals surface area contributed by atoms with Gasteiger partial charge in [-0.25, -0.2) is 4.68 Å². The van der Waals surface area contributed by atoms with Gasteiger partial charge in [-0.3, -0.25) is 4.79 Å². The maximum absolute atomic E-state index is 12.8. The molecule has 0 aliphatic carbocycles. The predicted molar refractivity (Wildman–Crippen MR) is 103 cm³/mol. The normalized spacial score (nSPS) is 10.8. The molecule has 4 rings (SSSR count). The first-order valence-corrected chi connectivity index (χ1v) is 8.71. The SMILES string of the molecule is Cc1ccc(-n2nnc(C(=O)Nc3cc(-c4nnco4)ccc3C)c2C)cc1. The highest BCUT2D eigenvalue weighted by Crippen LogP contribution is 2.24. The molecule has 2 heterocycles. The molecule has 0 aliphatic heterocycles. The number of nitrogens with zero attached hydrogens (tertiary/aromatic N) is 5. The quantitative estimate of drug-likeness (QED) is 0.587. The predicted octanol–water partition coefficient (Wildman–Crippen LogP) is 3.49. The van der Waals surface area contributed by atoms with Crippen LogP contribution in [-0.2, 0) is 0 Å². The van der Waals surface area contributed by atoms with Gasteiger partial charge in [0.25, 0.3) is 5.91 Å². The molecule has 0 spiro atoms. The van der Waals surface area contributed by atoms with Gasteiger partial charge < -0.3 is 9.73 Å².